The van der Waals surface area contributed by atoms with E-state index in [-0.39, 0.29) is 11.8 Å². The minimum absolute atomic E-state index is 0.00599. The van der Waals surface area contributed by atoms with Crippen molar-refractivity contribution < 1.29 is 14.3 Å². The fourth-order valence-corrected chi connectivity index (χ4v) is 5.52. The van der Waals surface area contributed by atoms with Crippen LogP contribution >= 0.6 is 0 Å². The largest absolute Gasteiger partial charge is 0.376 e. The summed E-state index contributed by atoms with van der Waals surface area (Å²) >= 11 is 0. The molecule has 4 rings (SSSR count). The molecular weight excluding hydrogens is 476 g/mol. The lowest BCUT2D eigenvalue weighted by atomic mass is 10.0. The molecule has 0 saturated carbocycles. The Kier molecular flexibility index (Phi) is 10.2. The molecule has 1 aromatic carbocycles. The number of unbranched alkanes of at least 4 members (excludes halogenated alkanes) is 1. The SMILES string of the molecule is CCCCN1CCN(C(=O)C(C)NC(=O)c2ccc3c(CCC)c4n(c3c2)CCOC/C=C\C=C/C4)CC1. The Bertz CT molecular complexity index is 1160. The zero-order valence-electron chi connectivity index (χ0n) is 23.4. The van der Waals surface area contributed by atoms with Crippen LogP contribution in [0.5, 0.6) is 0 Å². The quantitative estimate of drug-likeness (QED) is 0.562. The molecule has 1 atom stereocenters. The molecule has 1 saturated heterocycles. The molecule has 3 heterocycles. The van der Waals surface area contributed by atoms with Crippen LogP contribution in [0.25, 0.3) is 10.9 Å². The van der Waals surface area contributed by atoms with E-state index >= 15 is 0 Å². The summed E-state index contributed by atoms with van der Waals surface area (Å²) in [5.74, 6) is -0.215. The fraction of sp³-hybridized carbons (Fsp3) is 0.548. The van der Waals surface area contributed by atoms with Crippen LogP contribution in [-0.4, -0.2) is 78.2 Å². The lowest BCUT2D eigenvalue weighted by Gasteiger charge is -2.36. The molecule has 38 heavy (non-hydrogen) atoms. The van der Waals surface area contributed by atoms with Gasteiger partial charge in [-0.2, -0.15) is 0 Å². The van der Waals surface area contributed by atoms with Gasteiger partial charge in [-0.05, 0) is 44.0 Å². The number of ether oxygens (including phenoxy) is 1. The molecule has 2 amide bonds. The molecule has 0 aliphatic carbocycles. The lowest BCUT2D eigenvalue weighted by Crippen LogP contribution is -2.54. The Morgan fingerprint density at radius 1 is 1.03 bits per heavy atom. The maximum Gasteiger partial charge on any atom is 0.251 e. The van der Waals surface area contributed by atoms with Gasteiger partial charge < -0.3 is 19.5 Å². The predicted octanol–water partition coefficient (Wildman–Crippen LogP) is 4.34. The number of nitrogens with one attached hydrogen (secondary N) is 1. The number of carbonyl (C=O) groups is 2. The minimum Gasteiger partial charge on any atom is -0.376 e. The van der Waals surface area contributed by atoms with Gasteiger partial charge in [0.1, 0.15) is 6.04 Å². The summed E-state index contributed by atoms with van der Waals surface area (Å²) in [6, 6.07) is 5.39. The van der Waals surface area contributed by atoms with Crippen LogP contribution in [0.15, 0.2) is 42.5 Å². The third-order valence-corrected chi connectivity index (χ3v) is 7.65. The van der Waals surface area contributed by atoms with Crippen molar-refractivity contribution in [1.82, 2.24) is 19.7 Å². The molecular formula is C31H44N4O3. The standard InChI is InChI=1S/C31H44N4O3/c1-4-6-15-33-16-18-34(19-17-33)31(37)24(3)32-30(36)25-13-14-27-26(11-5-2)28-12-9-7-8-10-21-38-22-20-35(28)29(27)23-25/h7-10,13-14,23-24H,4-6,11-12,15-22H2,1-3H3,(H,32,36)/b9-7-,10-8-. The Balaban J connectivity index is 1.50. The van der Waals surface area contributed by atoms with Gasteiger partial charge in [-0.3, -0.25) is 14.5 Å². The van der Waals surface area contributed by atoms with E-state index in [2.05, 4.69) is 46.8 Å². The summed E-state index contributed by atoms with van der Waals surface area (Å²) in [5, 5.41) is 4.17. The second-order valence-corrected chi connectivity index (χ2v) is 10.4. The van der Waals surface area contributed by atoms with Crippen molar-refractivity contribution in [1.29, 1.82) is 0 Å². The zero-order valence-corrected chi connectivity index (χ0v) is 23.4. The third kappa shape index (κ3) is 6.75. The van der Waals surface area contributed by atoms with Crippen molar-refractivity contribution in [2.24, 2.45) is 0 Å². The van der Waals surface area contributed by atoms with Gasteiger partial charge in [0.2, 0.25) is 5.91 Å². The van der Waals surface area contributed by atoms with Crippen LogP contribution in [0.3, 0.4) is 0 Å². The molecule has 1 aromatic heterocycles. The molecule has 1 fully saturated rings. The zero-order chi connectivity index (χ0) is 26.9. The van der Waals surface area contributed by atoms with Gasteiger partial charge in [0, 0.05) is 61.3 Å². The Hall–Kier alpha value is -2.90. The summed E-state index contributed by atoms with van der Waals surface area (Å²) in [6.45, 7) is 12.5. The number of fused-ring (bicyclic) bond motifs is 3. The number of hydrogen-bond acceptors (Lipinski definition) is 4. The second kappa shape index (κ2) is 13.8. The predicted molar refractivity (Wildman–Crippen MR) is 154 cm³/mol. The number of aryl methyl sites for hydroxylation is 1. The van der Waals surface area contributed by atoms with Crippen LogP contribution in [0.1, 0.15) is 61.6 Å². The number of amides is 2. The molecule has 2 aliphatic rings. The average Bonchev–Trinajstić information content (AvgIpc) is 3.19. The molecule has 7 nitrogen and oxygen atoms in total. The average molecular weight is 521 g/mol. The van der Waals surface area contributed by atoms with Crippen molar-refractivity contribution in [3.05, 3.63) is 59.3 Å². The van der Waals surface area contributed by atoms with E-state index in [1.54, 1.807) is 6.92 Å². The van der Waals surface area contributed by atoms with Gasteiger partial charge in [0.25, 0.3) is 5.91 Å². The first-order chi connectivity index (χ1) is 18.5. The van der Waals surface area contributed by atoms with Gasteiger partial charge in [-0.1, -0.05) is 57.1 Å². The molecule has 0 radical (unpaired) electrons. The smallest absolute Gasteiger partial charge is 0.251 e. The van der Waals surface area contributed by atoms with Gasteiger partial charge in [0.05, 0.1) is 13.2 Å². The number of rotatable bonds is 8. The number of benzene rings is 1. The summed E-state index contributed by atoms with van der Waals surface area (Å²) in [4.78, 5) is 30.7. The highest BCUT2D eigenvalue weighted by Crippen LogP contribution is 2.29. The van der Waals surface area contributed by atoms with E-state index in [0.717, 1.165) is 64.0 Å². The van der Waals surface area contributed by atoms with Crippen molar-refractivity contribution in [2.75, 3.05) is 45.9 Å². The lowest BCUT2D eigenvalue weighted by molar-refractivity contribution is -0.134. The van der Waals surface area contributed by atoms with Gasteiger partial charge in [0.15, 0.2) is 0 Å². The number of piperazine rings is 1. The molecule has 0 spiro atoms. The Labute approximate surface area is 227 Å². The van der Waals surface area contributed by atoms with Crippen molar-refractivity contribution in [3.63, 3.8) is 0 Å². The molecule has 0 bridgehead atoms. The van der Waals surface area contributed by atoms with E-state index < -0.39 is 6.04 Å². The number of nitrogens with zero attached hydrogens (tertiary/aromatic N) is 3. The highest BCUT2D eigenvalue weighted by Gasteiger charge is 2.26. The van der Waals surface area contributed by atoms with Gasteiger partial charge in [-0.15, -0.1) is 0 Å². The van der Waals surface area contributed by atoms with Crippen LogP contribution < -0.4 is 5.32 Å². The van der Waals surface area contributed by atoms with Crippen LogP contribution in [0.4, 0.5) is 0 Å². The molecule has 1 N–H and O–H groups in total. The van der Waals surface area contributed by atoms with Gasteiger partial charge in [-0.25, -0.2) is 0 Å². The third-order valence-electron chi connectivity index (χ3n) is 7.65. The highest BCUT2D eigenvalue weighted by molar-refractivity contribution is 6.01. The molecule has 7 heteroatoms. The first kappa shape index (κ1) is 28.1. The van der Waals surface area contributed by atoms with Crippen LogP contribution in [-0.2, 0) is 28.9 Å². The van der Waals surface area contributed by atoms with E-state index in [4.69, 9.17) is 4.74 Å². The maximum absolute atomic E-state index is 13.3. The highest BCUT2D eigenvalue weighted by atomic mass is 16.5. The fourth-order valence-electron chi connectivity index (χ4n) is 5.52. The summed E-state index contributed by atoms with van der Waals surface area (Å²) in [7, 11) is 0. The van der Waals surface area contributed by atoms with Crippen molar-refractivity contribution in [2.45, 2.75) is 65.5 Å². The van der Waals surface area contributed by atoms with Gasteiger partial charge >= 0.3 is 0 Å². The summed E-state index contributed by atoms with van der Waals surface area (Å²) in [5.41, 5.74) is 4.28. The number of aromatic nitrogens is 1. The first-order valence-electron chi connectivity index (χ1n) is 14.4. The normalized spacial score (nSPS) is 19.4. The summed E-state index contributed by atoms with van der Waals surface area (Å²) in [6.07, 6.45) is 13.6. The minimum atomic E-state index is -0.564. The molecule has 1 unspecified atom stereocenters. The second-order valence-electron chi connectivity index (χ2n) is 10.4. The van der Waals surface area contributed by atoms with Crippen LogP contribution in [0.2, 0.25) is 0 Å². The molecule has 206 valence electrons. The first-order valence-corrected chi connectivity index (χ1v) is 14.4. The topological polar surface area (TPSA) is 66.8 Å². The van der Waals surface area contributed by atoms with E-state index in [1.807, 2.05) is 29.2 Å². The van der Waals surface area contributed by atoms with E-state index in [9.17, 15) is 9.59 Å². The van der Waals surface area contributed by atoms with E-state index in [1.165, 1.54) is 29.5 Å². The van der Waals surface area contributed by atoms with Crippen molar-refractivity contribution >= 4 is 22.7 Å². The van der Waals surface area contributed by atoms with Crippen LogP contribution in [0, 0.1) is 0 Å². The van der Waals surface area contributed by atoms with Crippen molar-refractivity contribution in [3.8, 4) is 0 Å². The Morgan fingerprint density at radius 2 is 1.82 bits per heavy atom. The Morgan fingerprint density at radius 3 is 2.58 bits per heavy atom. The molecule has 2 aliphatic heterocycles. The number of hydrogen-bond donors (Lipinski definition) is 1. The van der Waals surface area contributed by atoms with E-state index in [0.29, 0.717) is 18.8 Å². The summed E-state index contributed by atoms with van der Waals surface area (Å²) < 4.78 is 8.13. The monoisotopic (exact) mass is 520 g/mol. The maximum atomic E-state index is 13.3. The number of carbonyl (C=O) groups excluding carboxylic acids is 2. The number of allylic oxidation sites excluding steroid dienone is 3. The molecule has 2 aromatic rings.